The zero-order valence-corrected chi connectivity index (χ0v) is 15.2. The van der Waals surface area contributed by atoms with Gasteiger partial charge in [0.2, 0.25) is 5.91 Å². The lowest BCUT2D eigenvalue weighted by Crippen LogP contribution is -2.39. The molecule has 2 aliphatic rings. The number of amides is 2. The Morgan fingerprint density at radius 1 is 1.24 bits per heavy atom. The van der Waals surface area contributed by atoms with Crippen LogP contribution in [0.4, 0.5) is 5.69 Å². The topological polar surface area (TPSA) is 52.7 Å². The van der Waals surface area contributed by atoms with E-state index >= 15 is 0 Å². The largest absolute Gasteiger partial charge is 0.352 e. The highest BCUT2D eigenvalue weighted by Gasteiger charge is 2.22. The Morgan fingerprint density at radius 2 is 2.12 bits per heavy atom. The van der Waals surface area contributed by atoms with Gasteiger partial charge in [-0.2, -0.15) is 0 Å². The van der Waals surface area contributed by atoms with Gasteiger partial charge in [0.25, 0.3) is 5.91 Å². The van der Waals surface area contributed by atoms with Gasteiger partial charge in [-0.15, -0.1) is 0 Å². The van der Waals surface area contributed by atoms with Crippen LogP contribution in [0.3, 0.4) is 0 Å². The normalized spacial score (nSPS) is 21.6. The Hall–Kier alpha value is -1.88. The van der Waals surface area contributed by atoms with Crippen LogP contribution in [0.5, 0.6) is 0 Å². The maximum Gasteiger partial charge on any atom is 0.251 e. The van der Waals surface area contributed by atoms with Crippen molar-refractivity contribution in [2.24, 2.45) is 0 Å². The Bertz CT molecular complexity index is 617. The van der Waals surface area contributed by atoms with Crippen molar-refractivity contribution >= 4 is 17.5 Å². The van der Waals surface area contributed by atoms with Crippen LogP contribution in [0.15, 0.2) is 24.3 Å². The summed E-state index contributed by atoms with van der Waals surface area (Å²) in [7, 11) is 0. The molecule has 2 fully saturated rings. The second kappa shape index (κ2) is 8.48. The van der Waals surface area contributed by atoms with Crippen LogP contribution in [0, 0.1) is 0 Å². The van der Waals surface area contributed by atoms with Crippen LogP contribution in [-0.2, 0) is 4.79 Å². The third-order valence-electron chi connectivity index (χ3n) is 5.34. The molecule has 0 aromatic heterocycles. The van der Waals surface area contributed by atoms with Gasteiger partial charge in [0.15, 0.2) is 0 Å². The Labute approximate surface area is 150 Å². The second-order valence-electron chi connectivity index (χ2n) is 7.19. The fourth-order valence-electron chi connectivity index (χ4n) is 3.81. The first-order valence-electron chi connectivity index (χ1n) is 9.58. The molecule has 2 amide bonds. The fraction of sp³-hybridized carbons (Fsp3) is 0.600. The van der Waals surface area contributed by atoms with E-state index in [0.29, 0.717) is 24.6 Å². The van der Waals surface area contributed by atoms with Crippen LogP contribution in [-0.4, -0.2) is 48.9 Å². The van der Waals surface area contributed by atoms with E-state index in [4.69, 9.17) is 0 Å². The smallest absolute Gasteiger partial charge is 0.251 e. The lowest BCUT2D eigenvalue weighted by atomic mass is 10.0. The summed E-state index contributed by atoms with van der Waals surface area (Å²) < 4.78 is 0. The fourth-order valence-corrected chi connectivity index (χ4v) is 3.81. The number of carbonyl (C=O) groups is 2. The van der Waals surface area contributed by atoms with Crippen LogP contribution in [0.2, 0.25) is 0 Å². The van der Waals surface area contributed by atoms with Gasteiger partial charge in [-0.1, -0.05) is 12.5 Å². The van der Waals surface area contributed by atoms with Gasteiger partial charge >= 0.3 is 0 Å². The first-order chi connectivity index (χ1) is 12.1. The van der Waals surface area contributed by atoms with Crippen molar-refractivity contribution in [1.29, 1.82) is 0 Å². The number of likely N-dealkylation sites (tertiary alicyclic amines) is 1. The number of benzene rings is 1. The first-order valence-corrected chi connectivity index (χ1v) is 9.58. The maximum absolute atomic E-state index is 12.4. The van der Waals surface area contributed by atoms with Crippen molar-refractivity contribution in [2.75, 3.05) is 31.1 Å². The predicted octanol–water partition coefficient (Wildman–Crippen LogP) is 2.81. The van der Waals surface area contributed by atoms with E-state index in [9.17, 15) is 9.59 Å². The Balaban J connectivity index is 1.47. The monoisotopic (exact) mass is 343 g/mol. The van der Waals surface area contributed by atoms with E-state index in [-0.39, 0.29) is 11.8 Å². The summed E-state index contributed by atoms with van der Waals surface area (Å²) in [5.74, 6) is 0.0911. The molecule has 1 atom stereocenters. The second-order valence-corrected chi connectivity index (χ2v) is 7.19. The molecule has 25 heavy (non-hydrogen) atoms. The average Bonchev–Trinajstić information content (AvgIpc) is 3.06. The zero-order valence-electron chi connectivity index (χ0n) is 15.2. The van der Waals surface area contributed by atoms with Gasteiger partial charge < -0.3 is 15.1 Å². The summed E-state index contributed by atoms with van der Waals surface area (Å²) in [5, 5.41) is 3.01. The predicted molar refractivity (Wildman–Crippen MR) is 99.9 cm³/mol. The lowest BCUT2D eigenvalue weighted by Gasteiger charge is -2.33. The van der Waals surface area contributed by atoms with E-state index in [1.165, 1.54) is 25.8 Å². The van der Waals surface area contributed by atoms with E-state index in [2.05, 4.69) is 17.1 Å². The quantitative estimate of drug-likeness (QED) is 0.808. The highest BCUT2D eigenvalue weighted by atomic mass is 16.2. The molecular weight excluding hydrogens is 314 g/mol. The number of rotatable bonds is 6. The molecular formula is C20H29N3O2. The minimum Gasteiger partial charge on any atom is -0.352 e. The summed E-state index contributed by atoms with van der Waals surface area (Å²) in [5.41, 5.74) is 1.46. The number of nitrogens with zero attached hydrogens (tertiary/aromatic N) is 2. The summed E-state index contributed by atoms with van der Waals surface area (Å²) >= 11 is 0. The molecule has 0 saturated carbocycles. The Kier molecular flexibility index (Phi) is 6.08. The molecule has 1 aromatic carbocycles. The van der Waals surface area contributed by atoms with E-state index in [1.807, 2.05) is 24.3 Å². The van der Waals surface area contributed by atoms with Crippen molar-refractivity contribution in [1.82, 2.24) is 10.2 Å². The molecule has 0 radical (unpaired) electrons. The zero-order chi connectivity index (χ0) is 17.6. The van der Waals surface area contributed by atoms with Crippen molar-refractivity contribution < 1.29 is 9.59 Å². The highest BCUT2D eigenvalue weighted by molar-refractivity contribution is 5.99. The van der Waals surface area contributed by atoms with Gasteiger partial charge in [-0.25, -0.2) is 0 Å². The van der Waals surface area contributed by atoms with Crippen LogP contribution < -0.4 is 10.2 Å². The van der Waals surface area contributed by atoms with E-state index in [1.54, 1.807) is 4.90 Å². The number of nitrogens with one attached hydrogen (secondary N) is 1. The minimum absolute atomic E-state index is 0.0554. The third-order valence-corrected chi connectivity index (χ3v) is 5.34. The Morgan fingerprint density at radius 3 is 2.88 bits per heavy atom. The number of anilines is 1. The number of carbonyl (C=O) groups excluding carboxylic acids is 2. The highest BCUT2D eigenvalue weighted by Crippen LogP contribution is 2.22. The molecule has 5 heteroatoms. The van der Waals surface area contributed by atoms with Crippen molar-refractivity contribution in [3.05, 3.63) is 29.8 Å². The molecule has 0 unspecified atom stereocenters. The van der Waals surface area contributed by atoms with Crippen LogP contribution >= 0.6 is 0 Å². The molecule has 0 spiro atoms. The summed E-state index contributed by atoms with van der Waals surface area (Å²) in [6.45, 7) is 5.96. The standard InChI is InChI=1S/C20H29N3O2/c1-16-7-2-3-12-22(16)13-6-11-21-20(25)17-8-4-9-18(15-17)23-14-5-10-19(23)24/h4,8-9,15-16H,2-3,5-7,10-14H2,1H3,(H,21,25)/t16-/m0/s1. The molecule has 2 saturated heterocycles. The molecule has 2 aliphatic heterocycles. The van der Waals surface area contributed by atoms with E-state index in [0.717, 1.165) is 31.6 Å². The van der Waals surface area contributed by atoms with Crippen LogP contribution in [0.25, 0.3) is 0 Å². The maximum atomic E-state index is 12.4. The third kappa shape index (κ3) is 4.60. The summed E-state index contributed by atoms with van der Waals surface area (Å²) in [4.78, 5) is 28.5. The molecule has 1 aromatic rings. The van der Waals surface area contributed by atoms with Gasteiger partial charge in [0.1, 0.15) is 0 Å². The molecule has 0 aliphatic carbocycles. The molecule has 5 nitrogen and oxygen atoms in total. The van der Waals surface area contributed by atoms with Crippen molar-refractivity contribution in [2.45, 2.75) is 51.5 Å². The molecule has 3 rings (SSSR count). The first kappa shape index (κ1) is 17.9. The summed E-state index contributed by atoms with van der Waals surface area (Å²) in [6, 6.07) is 8.06. The van der Waals surface area contributed by atoms with Crippen molar-refractivity contribution in [3.8, 4) is 0 Å². The minimum atomic E-state index is -0.0554. The molecule has 1 N–H and O–H groups in total. The van der Waals surface area contributed by atoms with Gasteiger partial charge in [0, 0.05) is 43.3 Å². The number of hydrogen-bond donors (Lipinski definition) is 1. The molecule has 2 heterocycles. The molecule has 136 valence electrons. The SMILES string of the molecule is C[C@H]1CCCCN1CCCNC(=O)c1cccc(N2CCCC2=O)c1. The summed E-state index contributed by atoms with van der Waals surface area (Å²) in [6.07, 6.45) is 6.38. The number of hydrogen-bond acceptors (Lipinski definition) is 3. The van der Waals surface area contributed by atoms with Crippen LogP contribution in [0.1, 0.15) is 55.8 Å². The van der Waals surface area contributed by atoms with Gasteiger partial charge in [-0.05, 0) is 57.4 Å². The molecule has 0 bridgehead atoms. The van der Waals surface area contributed by atoms with E-state index < -0.39 is 0 Å². The van der Waals surface area contributed by atoms with Crippen molar-refractivity contribution in [3.63, 3.8) is 0 Å². The average molecular weight is 343 g/mol. The lowest BCUT2D eigenvalue weighted by molar-refractivity contribution is -0.117. The number of piperidine rings is 1. The van der Waals surface area contributed by atoms with Gasteiger partial charge in [-0.3, -0.25) is 9.59 Å². The van der Waals surface area contributed by atoms with Gasteiger partial charge in [0.05, 0.1) is 0 Å².